The number of hydrogen-bond acceptors (Lipinski definition) is 5. The number of anilines is 1. The summed E-state index contributed by atoms with van der Waals surface area (Å²) < 4.78 is 39.9. The molecule has 0 unspecified atom stereocenters. The standard InChI is InChI=1S/C16H19F3N6O/c17-12-8-14(19)13(18)6-10(12)5-11(20)7-15(26)24-1-3-25(4-2-24)16-21-9-22-23-16/h6,8-9,11H,1-5,7,20H2,(H,21,22,23)/t11-/m1/s1. The summed E-state index contributed by atoms with van der Waals surface area (Å²) in [5, 5.41) is 6.57. The molecule has 1 amide bonds. The van der Waals surface area contributed by atoms with Crippen LogP contribution in [0.2, 0.25) is 0 Å². The molecule has 1 aromatic carbocycles. The Labute approximate surface area is 148 Å². The Balaban J connectivity index is 1.51. The number of amides is 1. The number of H-pyrrole nitrogens is 1. The first-order valence-electron chi connectivity index (χ1n) is 8.21. The third-order valence-electron chi connectivity index (χ3n) is 4.34. The van der Waals surface area contributed by atoms with Gasteiger partial charge in [-0.05, 0) is 18.1 Å². The minimum Gasteiger partial charge on any atom is -0.339 e. The second kappa shape index (κ2) is 7.73. The van der Waals surface area contributed by atoms with E-state index < -0.39 is 23.5 Å². The van der Waals surface area contributed by atoms with Crippen molar-refractivity contribution in [3.8, 4) is 0 Å². The van der Waals surface area contributed by atoms with E-state index in [4.69, 9.17) is 5.73 Å². The van der Waals surface area contributed by atoms with Crippen LogP contribution in [0.1, 0.15) is 12.0 Å². The van der Waals surface area contributed by atoms with Gasteiger partial charge in [0.1, 0.15) is 12.1 Å². The van der Waals surface area contributed by atoms with E-state index in [9.17, 15) is 18.0 Å². The molecule has 2 aromatic rings. The van der Waals surface area contributed by atoms with E-state index in [1.165, 1.54) is 6.33 Å². The van der Waals surface area contributed by atoms with E-state index in [1.54, 1.807) is 4.90 Å². The van der Waals surface area contributed by atoms with Crippen molar-refractivity contribution in [2.24, 2.45) is 5.73 Å². The van der Waals surface area contributed by atoms with E-state index in [0.717, 1.165) is 6.07 Å². The van der Waals surface area contributed by atoms with Gasteiger partial charge in [0.15, 0.2) is 11.6 Å². The summed E-state index contributed by atoms with van der Waals surface area (Å²) in [5.41, 5.74) is 5.87. The zero-order valence-electron chi connectivity index (χ0n) is 14.0. The Morgan fingerprint density at radius 2 is 1.85 bits per heavy atom. The van der Waals surface area contributed by atoms with Crippen molar-refractivity contribution in [2.45, 2.75) is 18.9 Å². The van der Waals surface area contributed by atoms with Gasteiger partial charge in [0.25, 0.3) is 0 Å². The Morgan fingerprint density at radius 1 is 1.15 bits per heavy atom. The minimum atomic E-state index is -1.25. The molecule has 26 heavy (non-hydrogen) atoms. The number of aromatic amines is 1. The molecule has 1 aliphatic rings. The molecule has 1 fully saturated rings. The lowest BCUT2D eigenvalue weighted by Gasteiger charge is -2.34. The number of piperazine rings is 1. The lowest BCUT2D eigenvalue weighted by atomic mass is 10.0. The molecule has 0 saturated carbocycles. The molecule has 1 saturated heterocycles. The van der Waals surface area contributed by atoms with Crippen LogP contribution in [-0.2, 0) is 11.2 Å². The molecular weight excluding hydrogens is 349 g/mol. The molecule has 1 aliphatic heterocycles. The van der Waals surface area contributed by atoms with Gasteiger partial charge in [-0.25, -0.2) is 18.3 Å². The van der Waals surface area contributed by atoms with Crippen LogP contribution < -0.4 is 10.6 Å². The molecule has 7 nitrogen and oxygen atoms in total. The van der Waals surface area contributed by atoms with Gasteiger partial charge < -0.3 is 15.5 Å². The zero-order valence-corrected chi connectivity index (χ0v) is 14.0. The Morgan fingerprint density at radius 3 is 2.50 bits per heavy atom. The van der Waals surface area contributed by atoms with E-state index in [-0.39, 0.29) is 24.3 Å². The van der Waals surface area contributed by atoms with Crippen LogP contribution in [0.4, 0.5) is 19.1 Å². The molecule has 0 aliphatic carbocycles. The zero-order chi connectivity index (χ0) is 18.7. The molecule has 3 N–H and O–H groups in total. The first-order chi connectivity index (χ1) is 12.4. The average Bonchev–Trinajstić information content (AvgIpc) is 3.14. The van der Waals surface area contributed by atoms with Crippen molar-refractivity contribution in [3.63, 3.8) is 0 Å². The largest absolute Gasteiger partial charge is 0.339 e. The Hall–Kier alpha value is -2.62. The first kappa shape index (κ1) is 18.2. The fourth-order valence-corrected chi connectivity index (χ4v) is 2.95. The third kappa shape index (κ3) is 4.13. The van der Waals surface area contributed by atoms with Gasteiger partial charge >= 0.3 is 0 Å². The summed E-state index contributed by atoms with van der Waals surface area (Å²) in [5.74, 6) is -2.75. The maximum atomic E-state index is 13.7. The van der Waals surface area contributed by atoms with Crippen molar-refractivity contribution >= 4 is 11.9 Å². The molecule has 140 valence electrons. The van der Waals surface area contributed by atoms with Crippen molar-refractivity contribution in [1.29, 1.82) is 0 Å². The summed E-state index contributed by atoms with van der Waals surface area (Å²) in [6, 6.07) is 0.585. The quantitative estimate of drug-likeness (QED) is 0.763. The minimum absolute atomic E-state index is 0.000737. The lowest BCUT2D eigenvalue weighted by Crippen LogP contribution is -2.50. The molecule has 3 rings (SSSR count). The summed E-state index contributed by atoms with van der Waals surface area (Å²) in [7, 11) is 0. The fourth-order valence-electron chi connectivity index (χ4n) is 2.95. The molecule has 0 radical (unpaired) electrons. The van der Waals surface area contributed by atoms with Gasteiger partial charge in [-0.1, -0.05) is 0 Å². The van der Waals surface area contributed by atoms with Crippen molar-refractivity contribution in [2.75, 3.05) is 31.1 Å². The topological polar surface area (TPSA) is 91.1 Å². The van der Waals surface area contributed by atoms with Crippen LogP contribution in [0.15, 0.2) is 18.5 Å². The van der Waals surface area contributed by atoms with Crippen LogP contribution in [0.3, 0.4) is 0 Å². The molecule has 0 spiro atoms. The number of nitrogens with one attached hydrogen (secondary N) is 1. The van der Waals surface area contributed by atoms with E-state index in [0.29, 0.717) is 38.2 Å². The van der Waals surface area contributed by atoms with E-state index in [2.05, 4.69) is 15.2 Å². The SMILES string of the molecule is N[C@@H](CC(=O)N1CCN(c2ncn[nH]2)CC1)Cc1cc(F)c(F)cc1F. The smallest absolute Gasteiger partial charge is 0.224 e. The number of rotatable bonds is 5. The second-order valence-corrected chi connectivity index (χ2v) is 6.20. The average molecular weight is 368 g/mol. The highest BCUT2D eigenvalue weighted by molar-refractivity contribution is 5.77. The molecule has 0 bridgehead atoms. The number of hydrogen-bond donors (Lipinski definition) is 2. The van der Waals surface area contributed by atoms with Gasteiger partial charge in [0, 0.05) is 44.7 Å². The van der Waals surface area contributed by atoms with Gasteiger partial charge in [0.2, 0.25) is 11.9 Å². The van der Waals surface area contributed by atoms with Crippen LogP contribution in [0, 0.1) is 17.5 Å². The molecule has 10 heteroatoms. The Bertz CT molecular complexity index is 762. The van der Waals surface area contributed by atoms with Crippen LogP contribution in [0.5, 0.6) is 0 Å². The lowest BCUT2D eigenvalue weighted by molar-refractivity contribution is -0.131. The summed E-state index contributed by atoms with van der Waals surface area (Å²) in [4.78, 5) is 20.1. The fraction of sp³-hybridized carbons (Fsp3) is 0.438. The van der Waals surface area contributed by atoms with Crippen LogP contribution in [-0.4, -0.2) is 58.2 Å². The second-order valence-electron chi connectivity index (χ2n) is 6.20. The first-order valence-corrected chi connectivity index (χ1v) is 8.21. The van der Waals surface area contributed by atoms with Crippen molar-refractivity contribution < 1.29 is 18.0 Å². The number of aromatic nitrogens is 3. The summed E-state index contributed by atoms with van der Waals surface area (Å²) in [6.07, 6.45) is 1.37. The number of carbonyl (C=O) groups is 1. The summed E-state index contributed by atoms with van der Waals surface area (Å²) in [6.45, 7) is 2.22. The van der Waals surface area contributed by atoms with Gasteiger partial charge in [-0.2, -0.15) is 10.1 Å². The number of nitrogens with two attached hydrogens (primary N) is 1. The highest BCUT2D eigenvalue weighted by Gasteiger charge is 2.24. The number of benzene rings is 1. The van der Waals surface area contributed by atoms with Gasteiger partial charge in [0.05, 0.1) is 0 Å². The van der Waals surface area contributed by atoms with E-state index >= 15 is 0 Å². The monoisotopic (exact) mass is 368 g/mol. The maximum absolute atomic E-state index is 13.7. The third-order valence-corrected chi connectivity index (χ3v) is 4.34. The van der Waals surface area contributed by atoms with Crippen molar-refractivity contribution in [3.05, 3.63) is 41.5 Å². The number of nitrogens with zero attached hydrogens (tertiary/aromatic N) is 4. The molecule has 1 atom stereocenters. The highest BCUT2D eigenvalue weighted by Crippen LogP contribution is 2.16. The number of halogens is 3. The van der Waals surface area contributed by atoms with Gasteiger partial charge in [-0.3, -0.25) is 4.79 Å². The molecule has 1 aromatic heterocycles. The van der Waals surface area contributed by atoms with Gasteiger partial charge in [-0.15, -0.1) is 0 Å². The highest BCUT2D eigenvalue weighted by atomic mass is 19.2. The van der Waals surface area contributed by atoms with Crippen LogP contribution in [0.25, 0.3) is 0 Å². The normalized spacial score (nSPS) is 16.0. The number of carbonyl (C=O) groups excluding carboxylic acids is 1. The maximum Gasteiger partial charge on any atom is 0.224 e. The predicted molar refractivity (Wildman–Crippen MR) is 87.8 cm³/mol. The van der Waals surface area contributed by atoms with Crippen molar-refractivity contribution in [1.82, 2.24) is 20.1 Å². The molecule has 2 heterocycles. The van der Waals surface area contributed by atoms with Crippen LogP contribution >= 0.6 is 0 Å². The Kier molecular flexibility index (Phi) is 5.40. The molecular formula is C16H19F3N6O. The predicted octanol–water partition coefficient (Wildman–Crippen LogP) is 0.831. The summed E-state index contributed by atoms with van der Waals surface area (Å²) >= 11 is 0. The van der Waals surface area contributed by atoms with E-state index in [1.807, 2.05) is 4.90 Å².